The van der Waals surface area contributed by atoms with Gasteiger partial charge in [0.15, 0.2) is 0 Å². The van der Waals surface area contributed by atoms with Gasteiger partial charge in [-0.05, 0) is 12.8 Å². The Bertz CT molecular complexity index is 202. The summed E-state index contributed by atoms with van der Waals surface area (Å²) in [5, 5.41) is 0. The third-order valence-corrected chi connectivity index (χ3v) is 2.90. The number of rotatable bonds is 3. The third kappa shape index (κ3) is 4.38. The largest absolute Gasteiger partial charge is 0.274 e. The molecule has 1 fully saturated rings. The van der Waals surface area contributed by atoms with E-state index in [0.717, 1.165) is 25.7 Å². The summed E-state index contributed by atoms with van der Waals surface area (Å²) in [5.74, 6) is -0.325. The lowest BCUT2D eigenvalue weighted by Gasteiger charge is -2.20. The molecule has 0 bridgehead atoms. The van der Waals surface area contributed by atoms with Gasteiger partial charge >= 0.3 is 0 Å². The van der Waals surface area contributed by atoms with E-state index >= 15 is 0 Å². The van der Waals surface area contributed by atoms with Crippen molar-refractivity contribution in [1.82, 2.24) is 4.72 Å². The first-order valence-corrected chi connectivity index (χ1v) is 5.62. The molecule has 76 valence electrons. The van der Waals surface area contributed by atoms with Gasteiger partial charge in [-0.15, -0.1) is 0 Å². The molecule has 0 saturated heterocycles. The predicted molar refractivity (Wildman–Crippen MR) is 49.9 cm³/mol. The monoisotopic (exact) mass is 205 g/mol. The van der Waals surface area contributed by atoms with E-state index in [1.54, 1.807) is 0 Å². The summed E-state index contributed by atoms with van der Waals surface area (Å²) in [7, 11) is 0. The van der Waals surface area contributed by atoms with E-state index in [1.807, 2.05) is 0 Å². The van der Waals surface area contributed by atoms with Crippen molar-refractivity contribution in [2.45, 2.75) is 45.1 Å². The zero-order chi connectivity index (χ0) is 9.68. The first-order chi connectivity index (χ1) is 6.18. The second kappa shape index (κ2) is 5.34. The van der Waals surface area contributed by atoms with E-state index < -0.39 is 11.3 Å². The van der Waals surface area contributed by atoms with Crippen LogP contribution < -0.4 is 4.72 Å². The highest BCUT2D eigenvalue weighted by molar-refractivity contribution is 7.78. The first-order valence-electron chi connectivity index (χ1n) is 4.54. The van der Waals surface area contributed by atoms with Crippen LogP contribution in [0.5, 0.6) is 0 Å². The minimum absolute atomic E-state index is 0.0569. The average Bonchev–Trinajstić information content (AvgIpc) is 2.04. The van der Waals surface area contributed by atoms with Crippen LogP contribution in [0, 0.1) is 0 Å². The van der Waals surface area contributed by atoms with Gasteiger partial charge in [-0.1, -0.05) is 19.3 Å². The molecule has 1 atom stereocenters. The average molecular weight is 205 g/mol. The molecule has 13 heavy (non-hydrogen) atoms. The Morgan fingerprint density at radius 1 is 1.38 bits per heavy atom. The van der Waals surface area contributed by atoms with Crippen molar-refractivity contribution >= 4 is 17.2 Å². The van der Waals surface area contributed by atoms with Crippen LogP contribution in [-0.4, -0.2) is 16.2 Å². The Hall–Kier alpha value is -0.420. The molecule has 0 aromatic heterocycles. The van der Waals surface area contributed by atoms with Gasteiger partial charge in [0, 0.05) is 6.92 Å². The fraction of sp³-hybridized carbons (Fsp3) is 0.875. The van der Waals surface area contributed by atoms with Crippen LogP contribution >= 0.6 is 0 Å². The molecule has 5 heteroatoms. The zero-order valence-corrected chi connectivity index (χ0v) is 8.56. The molecule has 0 aliphatic heterocycles. The number of carbonyl (C=O) groups excluding carboxylic acids is 1. The molecule has 1 amide bonds. The highest BCUT2D eigenvalue weighted by Gasteiger charge is 2.17. The van der Waals surface area contributed by atoms with Gasteiger partial charge in [-0.25, -0.2) is 4.21 Å². The number of hydrogen-bond acceptors (Lipinski definition) is 3. The van der Waals surface area contributed by atoms with Crippen LogP contribution in [0.4, 0.5) is 0 Å². The molecule has 1 aliphatic rings. The van der Waals surface area contributed by atoms with Gasteiger partial charge in [-0.2, -0.15) is 0 Å². The van der Waals surface area contributed by atoms with E-state index in [1.165, 1.54) is 13.3 Å². The summed E-state index contributed by atoms with van der Waals surface area (Å²) in [5.41, 5.74) is 0. The van der Waals surface area contributed by atoms with Gasteiger partial charge in [0.25, 0.3) is 11.3 Å². The van der Waals surface area contributed by atoms with Crippen molar-refractivity contribution < 1.29 is 13.2 Å². The summed E-state index contributed by atoms with van der Waals surface area (Å²) >= 11 is -1.65. The third-order valence-electron chi connectivity index (χ3n) is 2.00. The van der Waals surface area contributed by atoms with E-state index in [2.05, 4.69) is 4.72 Å². The van der Waals surface area contributed by atoms with Crippen molar-refractivity contribution in [2.24, 2.45) is 0 Å². The highest BCUT2D eigenvalue weighted by atomic mass is 32.2. The first kappa shape index (κ1) is 10.7. The van der Waals surface area contributed by atoms with Crippen LogP contribution in [0.15, 0.2) is 0 Å². The number of carbonyl (C=O) groups is 1. The molecule has 0 spiro atoms. The van der Waals surface area contributed by atoms with Gasteiger partial charge in [0.05, 0.1) is 6.10 Å². The zero-order valence-electron chi connectivity index (χ0n) is 7.75. The van der Waals surface area contributed by atoms with Crippen LogP contribution in [0.25, 0.3) is 0 Å². The van der Waals surface area contributed by atoms with Crippen LogP contribution in [-0.2, 0) is 20.2 Å². The second-order valence-corrected chi connectivity index (χ2v) is 4.12. The molecule has 1 unspecified atom stereocenters. The molecule has 1 saturated carbocycles. The molecule has 0 aromatic carbocycles. The van der Waals surface area contributed by atoms with Crippen molar-refractivity contribution in [3.8, 4) is 0 Å². The van der Waals surface area contributed by atoms with Crippen LogP contribution in [0.1, 0.15) is 39.0 Å². The number of amides is 1. The van der Waals surface area contributed by atoms with Crippen LogP contribution in [0.2, 0.25) is 0 Å². The second-order valence-electron chi connectivity index (χ2n) is 3.25. The molecule has 1 N–H and O–H groups in total. The predicted octanol–water partition coefficient (Wildman–Crippen LogP) is 1.05. The lowest BCUT2D eigenvalue weighted by molar-refractivity contribution is -0.117. The fourth-order valence-corrected chi connectivity index (χ4v) is 2.15. The molecule has 1 rings (SSSR count). The Morgan fingerprint density at radius 2 is 2.00 bits per heavy atom. The molecule has 0 radical (unpaired) electrons. The smallest absolute Gasteiger partial charge is 0.264 e. The van der Waals surface area contributed by atoms with E-state index in [-0.39, 0.29) is 12.0 Å². The molecular formula is C8H15NO3S. The lowest BCUT2D eigenvalue weighted by atomic mass is 9.98. The van der Waals surface area contributed by atoms with Gasteiger partial charge in [0.1, 0.15) is 0 Å². The van der Waals surface area contributed by atoms with Crippen molar-refractivity contribution in [1.29, 1.82) is 0 Å². The maximum absolute atomic E-state index is 11.1. The van der Waals surface area contributed by atoms with Crippen molar-refractivity contribution in [2.75, 3.05) is 0 Å². The Balaban J connectivity index is 2.22. The SMILES string of the molecule is CC(=O)NS(=O)OC1CCCCC1. The molecule has 1 aliphatic carbocycles. The molecule has 0 aromatic rings. The van der Waals surface area contributed by atoms with Crippen molar-refractivity contribution in [3.63, 3.8) is 0 Å². The van der Waals surface area contributed by atoms with E-state index in [0.29, 0.717) is 0 Å². The summed E-state index contributed by atoms with van der Waals surface area (Å²) in [6, 6.07) is 0. The minimum atomic E-state index is -1.65. The Morgan fingerprint density at radius 3 is 2.54 bits per heavy atom. The summed E-state index contributed by atoms with van der Waals surface area (Å²) in [4.78, 5) is 10.5. The molecule has 0 heterocycles. The molecular weight excluding hydrogens is 190 g/mol. The minimum Gasteiger partial charge on any atom is -0.274 e. The Kier molecular flexibility index (Phi) is 4.38. The normalized spacial score (nSPS) is 21.0. The summed E-state index contributed by atoms with van der Waals surface area (Å²) in [6.07, 6.45) is 5.44. The fourth-order valence-electron chi connectivity index (χ4n) is 1.43. The molecule has 4 nitrogen and oxygen atoms in total. The van der Waals surface area contributed by atoms with Crippen LogP contribution in [0.3, 0.4) is 0 Å². The Labute approximate surface area is 80.8 Å². The van der Waals surface area contributed by atoms with Gasteiger partial charge < -0.3 is 0 Å². The van der Waals surface area contributed by atoms with E-state index in [4.69, 9.17) is 4.18 Å². The quantitative estimate of drug-likeness (QED) is 0.749. The van der Waals surface area contributed by atoms with Crippen molar-refractivity contribution in [3.05, 3.63) is 0 Å². The van der Waals surface area contributed by atoms with Gasteiger partial charge in [0.2, 0.25) is 5.91 Å². The lowest BCUT2D eigenvalue weighted by Crippen LogP contribution is -2.28. The maximum Gasteiger partial charge on any atom is 0.264 e. The summed E-state index contributed by atoms with van der Waals surface area (Å²) in [6.45, 7) is 1.32. The topological polar surface area (TPSA) is 55.4 Å². The summed E-state index contributed by atoms with van der Waals surface area (Å²) < 4.78 is 18.4. The number of nitrogens with one attached hydrogen (secondary N) is 1. The standard InChI is InChI=1S/C8H15NO3S/c1-7(10)9-13(11)12-8-5-3-2-4-6-8/h8H,2-6H2,1H3,(H,9,10). The van der Waals surface area contributed by atoms with E-state index in [9.17, 15) is 9.00 Å². The highest BCUT2D eigenvalue weighted by Crippen LogP contribution is 2.20. The number of hydrogen-bond donors (Lipinski definition) is 1. The maximum atomic E-state index is 11.1. The van der Waals surface area contributed by atoms with Gasteiger partial charge in [-0.3, -0.25) is 13.7 Å².